The van der Waals surface area contributed by atoms with Crippen molar-refractivity contribution >= 4 is 44.5 Å². The molecule has 108 valence electrons. The van der Waals surface area contributed by atoms with Crippen molar-refractivity contribution in [2.45, 2.75) is 4.21 Å². The van der Waals surface area contributed by atoms with Gasteiger partial charge in [0.15, 0.2) is 4.34 Å². The lowest BCUT2D eigenvalue weighted by molar-refractivity contribution is -0.384. The van der Waals surface area contributed by atoms with E-state index in [1.54, 1.807) is 0 Å². The maximum absolute atomic E-state index is 12.1. The van der Waals surface area contributed by atoms with Gasteiger partial charge in [-0.05, 0) is 12.1 Å². The SMILES string of the molecule is N#Cc1ccc(NS(=O)(=O)c2cc([N+](=O)[O-])c(Cl)s2)nc1. The lowest BCUT2D eigenvalue weighted by Crippen LogP contribution is -2.12. The molecule has 2 rings (SSSR count). The van der Waals surface area contributed by atoms with Gasteiger partial charge >= 0.3 is 0 Å². The number of nitrogens with zero attached hydrogens (tertiary/aromatic N) is 3. The van der Waals surface area contributed by atoms with Gasteiger partial charge in [-0.1, -0.05) is 11.6 Å². The first kappa shape index (κ1) is 15.2. The van der Waals surface area contributed by atoms with E-state index in [1.165, 1.54) is 18.3 Å². The normalized spacial score (nSPS) is 10.9. The van der Waals surface area contributed by atoms with Gasteiger partial charge in [-0.15, -0.1) is 11.3 Å². The summed E-state index contributed by atoms with van der Waals surface area (Å²) in [6.07, 6.45) is 1.20. The fourth-order valence-corrected chi connectivity index (χ4v) is 3.98. The van der Waals surface area contributed by atoms with Crippen molar-refractivity contribution in [1.29, 1.82) is 5.26 Å². The number of halogens is 1. The van der Waals surface area contributed by atoms with Crippen LogP contribution >= 0.6 is 22.9 Å². The Kier molecular flexibility index (Phi) is 4.08. The lowest BCUT2D eigenvalue weighted by Gasteiger charge is -2.04. The molecule has 21 heavy (non-hydrogen) atoms. The van der Waals surface area contributed by atoms with E-state index in [-0.39, 0.29) is 19.9 Å². The summed E-state index contributed by atoms with van der Waals surface area (Å²) < 4.78 is 25.7. The number of nitrogens with one attached hydrogen (secondary N) is 1. The molecule has 0 radical (unpaired) electrons. The first-order chi connectivity index (χ1) is 9.83. The second-order valence-corrected chi connectivity index (χ2v) is 7.19. The Morgan fingerprint density at radius 1 is 1.48 bits per heavy atom. The van der Waals surface area contributed by atoms with Gasteiger partial charge in [0, 0.05) is 12.3 Å². The van der Waals surface area contributed by atoms with Crippen LogP contribution < -0.4 is 4.72 Å². The van der Waals surface area contributed by atoms with Crippen LogP contribution in [0.25, 0.3) is 0 Å². The van der Waals surface area contributed by atoms with Gasteiger partial charge in [-0.25, -0.2) is 13.4 Å². The summed E-state index contributed by atoms with van der Waals surface area (Å²) in [6.45, 7) is 0. The van der Waals surface area contributed by atoms with Crippen LogP contribution in [-0.2, 0) is 10.0 Å². The van der Waals surface area contributed by atoms with Crippen LogP contribution in [0.15, 0.2) is 28.6 Å². The molecule has 0 spiro atoms. The maximum atomic E-state index is 12.1. The Bertz CT molecular complexity index is 839. The summed E-state index contributed by atoms with van der Waals surface area (Å²) in [4.78, 5) is 13.6. The molecule has 0 fully saturated rings. The molecule has 0 aliphatic rings. The molecular weight excluding hydrogens is 340 g/mol. The van der Waals surface area contributed by atoms with E-state index >= 15 is 0 Å². The van der Waals surface area contributed by atoms with Crippen molar-refractivity contribution in [2.75, 3.05) is 4.72 Å². The Labute approximate surface area is 127 Å². The molecule has 2 aromatic heterocycles. The number of thiophene rings is 1. The molecule has 2 aromatic rings. The zero-order valence-electron chi connectivity index (χ0n) is 9.98. The van der Waals surface area contributed by atoms with Crippen LogP contribution in [-0.4, -0.2) is 18.3 Å². The maximum Gasteiger partial charge on any atom is 0.300 e. The Morgan fingerprint density at radius 3 is 2.67 bits per heavy atom. The Balaban J connectivity index is 2.31. The predicted octanol–water partition coefficient (Wildman–Crippen LogP) is 2.38. The van der Waals surface area contributed by atoms with Crippen molar-refractivity contribution in [3.8, 4) is 6.07 Å². The van der Waals surface area contributed by atoms with Crippen LogP contribution in [0.5, 0.6) is 0 Å². The summed E-state index contributed by atoms with van der Waals surface area (Å²) in [5, 5.41) is 19.3. The van der Waals surface area contributed by atoms with E-state index < -0.39 is 20.6 Å². The highest BCUT2D eigenvalue weighted by Crippen LogP contribution is 2.36. The molecule has 8 nitrogen and oxygen atoms in total. The summed E-state index contributed by atoms with van der Waals surface area (Å²) >= 11 is 6.19. The summed E-state index contributed by atoms with van der Waals surface area (Å²) in [5.74, 6) is -0.0128. The van der Waals surface area contributed by atoms with Gasteiger partial charge in [-0.3, -0.25) is 14.8 Å². The van der Waals surface area contributed by atoms with E-state index in [4.69, 9.17) is 16.9 Å². The van der Waals surface area contributed by atoms with Crippen molar-refractivity contribution in [1.82, 2.24) is 4.98 Å². The Morgan fingerprint density at radius 2 is 2.19 bits per heavy atom. The molecule has 0 aliphatic carbocycles. The average Bonchev–Trinajstić information content (AvgIpc) is 2.82. The number of aromatic nitrogens is 1. The number of sulfonamides is 1. The molecule has 0 saturated heterocycles. The molecule has 0 saturated carbocycles. The smallest absolute Gasteiger partial charge is 0.263 e. The van der Waals surface area contributed by atoms with E-state index in [9.17, 15) is 18.5 Å². The van der Waals surface area contributed by atoms with Crippen molar-refractivity contribution in [2.24, 2.45) is 0 Å². The van der Waals surface area contributed by atoms with Gasteiger partial charge in [0.2, 0.25) is 0 Å². The zero-order valence-corrected chi connectivity index (χ0v) is 12.4. The molecule has 0 atom stereocenters. The van der Waals surface area contributed by atoms with E-state index in [1.807, 2.05) is 6.07 Å². The minimum Gasteiger partial charge on any atom is -0.263 e. The van der Waals surface area contributed by atoms with Gasteiger partial charge in [-0.2, -0.15) is 5.26 Å². The number of pyridine rings is 1. The standard InChI is InChI=1S/C10H5ClN4O4S2/c11-10-7(15(16)17)3-9(20-10)21(18,19)14-8-2-1-6(4-12)5-13-8/h1-3,5H,(H,13,14). The second-order valence-electron chi connectivity index (χ2n) is 3.63. The van der Waals surface area contributed by atoms with Crippen molar-refractivity contribution < 1.29 is 13.3 Å². The molecule has 2 heterocycles. The van der Waals surface area contributed by atoms with Crippen molar-refractivity contribution in [3.05, 3.63) is 44.4 Å². The molecular formula is C10H5ClN4O4S2. The van der Waals surface area contributed by atoms with Gasteiger partial charge in [0.25, 0.3) is 15.7 Å². The number of nitriles is 1. The van der Waals surface area contributed by atoms with Crippen LogP contribution in [0.4, 0.5) is 11.5 Å². The number of hydrogen-bond donors (Lipinski definition) is 1. The van der Waals surface area contributed by atoms with Crippen LogP contribution in [0, 0.1) is 21.4 Å². The lowest BCUT2D eigenvalue weighted by atomic mass is 10.3. The summed E-state index contributed by atoms with van der Waals surface area (Å²) in [5.41, 5.74) is -0.206. The van der Waals surface area contributed by atoms with Gasteiger partial charge < -0.3 is 0 Å². The molecule has 0 unspecified atom stereocenters. The van der Waals surface area contributed by atoms with Crippen LogP contribution in [0.2, 0.25) is 4.34 Å². The third kappa shape index (κ3) is 3.27. The third-order valence-electron chi connectivity index (χ3n) is 2.24. The Hall–Kier alpha value is -2.22. The molecule has 0 aromatic carbocycles. The second kappa shape index (κ2) is 5.65. The minimum absolute atomic E-state index is 0.0128. The third-order valence-corrected chi connectivity index (χ3v) is 5.41. The first-order valence-electron chi connectivity index (χ1n) is 5.16. The minimum atomic E-state index is -4.03. The van der Waals surface area contributed by atoms with Gasteiger partial charge in [0.05, 0.1) is 10.5 Å². The number of rotatable bonds is 4. The number of hydrogen-bond acceptors (Lipinski definition) is 7. The zero-order chi connectivity index (χ0) is 15.6. The molecule has 0 amide bonds. The summed E-state index contributed by atoms with van der Waals surface area (Å²) in [7, 11) is -4.03. The quantitative estimate of drug-likeness (QED) is 0.670. The highest BCUT2D eigenvalue weighted by Gasteiger charge is 2.25. The molecule has 0 bridgehead atoms. The monoisotopic (exact) mass is 344 g/mol. The fourth-order valence-electron chi connectivity index (χ4n) is 1.30. The molecule has 0 aliphatic heterocycles. The summed E-state index contributed by atoms with van der Waals surface area (Å²) in [6, 6.07) is 5.40. The number of anilines is 1. The van der Waals surface area contributed by atoms with E-state index in [0.29, 0.717) is 11.3 Å². The van der Waals surface area contributed by atoms with Crippen LogP contribution in [0.3, 0.4) is 0 Å². The van der Waals surface area contributed by atoms with E-state index in [0.717, 1.165) is 6.07 Å². The number of nitro groups is 1. The van der Waals surface area contributed by atoms with Crippen LogP contribution in [0.1, 0.15) is 5.56 Å². The average molecular weight is 345 g/mol. The largest absolute Gasteiger partial charge is 0.300 e. The fraction of sp³-hybridized carbons (Fsp3) is 0. The topological polar surface area (TPSA) is 126 Å². The predicted molar refractivity (Wildman–Crippen MR) is 75.7 cm³/mol. The molecule has 11 heteroatoms. The highest BCUT2D eigenvalue weighted by atomic mass is 35.5. The first-order valence-corrected chi connectivity index (χ1v) is 7.84. The van der Waals surface area contributed by atoms with Crippen molar-refractivity contribution in [3.63, 3.8) is 0 Å². The highest BCUT2D eigenvalue weighted by molar-refractivity contribution is 7.94. The molecule has 1 N–H and O–H groups in total. The van der Waals surface area contributed by atoms with Gasteiger partial charge in [0.1, 0.15) is 16.1 Å². The van der Waals surface area contributed by atoms with E-state index in [2.05, 4.69) is 9.71 Å².